The minimum atomic E-state index is 0.301. The second kappa shape index (κ2) is 2.71. The smallest absolute Gasteiger partial charge is 0.0465 e. The zero-order valence-corrected chi connectivity index (χ0v) is 7.89. The SMILES string of the molecule is OC[C@@H]1[C@@H](CO)[C@@H]2CC[C@H]1[C@H]1C[C@@H]21. The van der Waals surface area contributed by atoms with Crippen LogP contribution in [-0.2, 0) is 0 Å². The zero-order valence-electron chi connectivity index (χ0n) is 7.89. The van der Waals surface area contributed by atoms with Gasteiger partial charge in [0.15, 0.2) is 0 Å². The number of rotatable bonds is 2. The van der Waals surface area contributed by atoms with Crippen molar-refractivity contribution in [3.05, 3.63) is 0 Å². The van der Waals surface area contributed by atoms with Gasteiger partial charge in [-0.3, -0.25) is 0 Å². The normalized spacial score (nSPS) is 57.7. The lowest BCUT2D eigenvalue weighted by atomic mass is 9.59. The van der Waals surface area contributed by atoms with E-state index in [1.165, 1.54) is 19.3 Å². The van der Waals surface area contributed by atoms with Gasteiger partial charge < -0.3 is 10.2 Å². The molecule has 2 bridgehead atoms. The molecule has 4 aliphatic rings. The lowest BCUT2D eigenvalue weighted by Crippen LogP contribution is -2.45. The molecule has 0 spiro atoms. The van der Waals surface area contributed by atoms with E-state index in [0.29, 0.717) is 25.0 Å². The minimum Gasteiger partial charge on any atom is -0.396 e. The Bertz CT molecular complexity index is 194. The Morgan fingerprint density at radius 1 is 0.769 bits per heavy atom. The molecule has 13 heavy (non-hydrogen) atoms. The summed E-state index contributed by atoms with van der Waals surface area (Å²) in [6.45, 7) is 0.602. The van der Waals surface area contributed by atoms with E-state index in [2.05, 4.69) is 0 Å². The van der Waals surface area contributed by atoms with E-state index in [1.807, 2.05) is 0 Å². The van der Waals surface area contributed by atoms with E-state index in [1.54, 1.807) is 0 Å². The van der Waals surface area contributed by atoms with Gasteiger partial charge in [-0.15, -0.1) is 0 Å². The summed E-state index contributed by atoms with van der Waals surface area (Å²) in [5.41, 5.74) is 0. The first-order valence-corrected chi connectivity index (χ1v) is 5.58. The van der Waals surface area contributed by atoms with Crippen LogP contribution in [0.5, 0.6) is 0 Å². The van der Waals surface area contributed by atoms with Crippen LogP contribution in [0.4, 0.5) is 0 Å². The fourth-order valence-corrected chi connectivity index (χ4v) is 4.27. The average molecular weight is 182 g/mol. The molecule has 2 nitrogen and oxygen atoms in total. The zero-order chi connectivity index (χ0) is 9.00. The quantitative estimate of drug-likeness (QED) is 0.665. The molecule has 4 fully saturated rings. The van der Waals surface area contributed by atoms with Crippen molar-refractivity contribution in [2.45, 2.75) is 19.3 Å². The molecule has 0 amide bonds. The van der Waals surface area contributed by atoms with E-state index in [9.17, 15) is 10.2 Å². The van der Waals surface area contributed by atoms with E-state index in [-0.39, 0.29) is 0 Å². The van der Waals surface area contributed by atoms with Gasteiger partial charge in [-0.05, 0) is 54.8 Å². The highest BCUT2D eigenvalue weighted by atomic mass is 16.3. The Morgan fingerprint density at radius 3 is 1.62 bits per heavy atom. The van der Waals surface area contributed by atoms with Crippen molar-refractivity contribution in [1.29, 1.82) is 0 Å². The second-order valence-corrected chi connectivity index (χ2v) is 5.16. The highest BCUT2D eigenvalue weighted by molar-refractivity contribution is 5.08. The van der Waals surface area contributed by atoms with Gasteiger partial charge >= 0.3 is 0 Å². The lowest BCUT2D eigenvalue weighted by molar-refractivity contribution is -0.0421. The van der Waals surface area contributed by atoms with Crippen molar-refractivity contribution in [2.24, 2.45) is 35.5 Å². The first kappa shape index (κ1) is 8.25. The maximum atomic E-state index is 9.34. The summed E-state index contributed by atoms with van der Waals surface area (Å²) in [7, 11) is 0. The summed E-state index contributed by atoms with van der Waals surface area (Å²) < 4.78 is 0. The third kappa shape index (κ3) is 0.962. The summed E-state index contributed by atoms with van der Waals surface area (Å²) in [6, 6.07) is 0. The van der Waals surface area contributed by atoms with Gasteiger partial charge in [0, 0.05) is 13.2 Å². The van der Waals surface area contributed by atoms with Crippen molar-refractivity contribution >= 4 is 0 Å². The van der Waals surface area contributed by atoms with E-state index in [4.69, 9.17) is 0 Å². The van der Waals surface area contributed by atoms with Crippen LogP contribution in [0.1, 0.15) is 19.3 Å². The van der Waals surface area contributed by atoms with Crippen molar-refractivity contribution in [3.8, 4) is 0 Å². The molecule has 0 radical (unpaired) electrons. The van der Waals surface area contributed by atoms with Gasteiger partial charge in [0.1, 0.15) is 0 Å². The summed E-state index contributed by atoms with van der Waals surface area (Å²) in [4.78, 5) is 0. The van der Waals surface area contributed by atoms with Crippen LogP contribution in [0.2, 0.25) is 0 Å². The largest absolute Gasteiger partial charge is 0.396 e. The molecule has 6 atom stereocenters. The molecule has 0 aromatic heterocycles. The average Bonchev–Trinajstić information content (AvgIpc) is 2.97. The standard InChI is InChI=1S/C11H18O2/c12-4-10-6-1-2-7(11(10)5-13)9-3-8(6)9/h6-13H,1-5H2/t6-,7+,8+,9-,10-,11-/m0/s1. The van der Waals surface area contributed by atoms with Crippen LogP contribution in [0.3, 0.4) is 0 Å². The molecule has 0 heterocycles. The third-order valence-electron chi connectivity index (χ3n) is 4.90. The van der Waals surface area contributed by atoms with Crippen molar-refractivity contribution in [2.75, 3.05) is 13.2 Å². The number of fused-ring (bicyclic) bond motifs is 2. The maximum absolute atomic E-state index is 9.34. The fraction of sp³-hybridized carbons (Fsp3) is 1.00. The predicted octanol–water partition coefficient (Wildman–Crippen LogP) is 0.879. The van der Waals surface area contributed by atoms with E-state index >= 15 is 0 Å². The number of hydrogen-bond acceptors (Lipinski definition) is 2. The molecular weight excluding hydrogens is 164 g/mol. The van der Waals surface area contributed by atoms with Crippen LogP contribution in [0, 0.1) is 35.5 Å². The van der Waals surface area contributed by atoms with Crippen LogP contribution in [0.25, 0.3) is 0 Å². The molecule has 74 valence electrons. The van der Waals surface area contributed by atoms with Gasteiger partial charge in [-0.1, -0.05) is 0 Å². The van der Waals surface area contributed by atoms with Gasteiger partial charge in [0.2, 0.25) is 0 Å². The summed E-state index contributed by atoms with van der Waals surface area (Å²) in [5, 5.41) is 18.7. The van der Waals surface area contributed by atoms with Gasteiger partial charge in [-0.25, -0.2) is 0 Å². The molecule has 0 aromatic rings. The molecule has 4 aliphatic carbocycles. The molecule has 2 N–H and O–H groups in total. The van der Waals surface area contributed by atoms with Crippen LogP contribution in [0.15, 0.2) is 0 Å². The highest BCUT2D eigenvalue weighted by Gasteiger charge is 2.60. The molecule has 4 saturated carbocycles. The number of aliphatic hydroxyl groups excluding tert-OH is 2. The van der Waals surface area contributed by atoms with E-state index in [0.717, 1.165) is 23.7 Å². The molecular formula is C11H18O2. The summed E-state index contributed by atoms with van der Waals surface area (Å²) in [6.07, 6.45) is 4.02. The van der Waals surface area contributed by atoms with Crippen molar-refractivity contribution < 1.29 is 10.2 Å². The Hall–Kier alpha value is -0.0800. The molecule has 0 aliphatic heterocycles. The van der Waals surface area contributed by atoms with Crippen molar-refractivity contribution in [3.63, 3.8) is 0 Å². The van der Waals surface area contributed by atoms with Crippen LogP contribution in [-0.4, -0.2) is 23.4 Å². The Kier molecular flexibility index (Phi) is 1.72. The third-order valence-corrected chi connectivity index (χ3v) is 4.90. The van der Waals surface area contributed by atoms with Crippen molar-refractivity contribution in [1.82, 2.24) is 0 Å². The van der Waals surface area contributed by atoms with Gasteiger partial charge in [0.25, 0.3) is 0 Å². The summed E-state index contributed by atoms with van der Waals surface area (Å²) in [5.74, 6) is 4.20. The van der Waals surface area contributed by atoms with Gasteiger partial charge in [-0.2, -0.15) is 0 Å². The second-order valence-electron chi connectivity index (χ2n) is 5.16. The van der Waals surface area contributed by atoms with Crippen LogP contribution >= 0.6 is 0 Å². The maximum Gasteiger partial charge on any atom is 0.0465 e. The number of hydrogen-bond donors (Lipinski definition) is 2. The Labute approximate surface area is 79.0 Å². The molecule has 4 rings (SSSR count). The lowest BCUT2D eigenvalue weighted by Gasteiger charge is -2.47. The Morgan fingerprint density at radius 2 is 1.23 bits per heavy atom. The molecule has 0 aromatic carbocycles. The molecule has 2 heteroatoms. The molecule has 0 unspecified atom stereocenters. The first-order valence-electron chi connectivity index (χ1n) is 5.58. The predicted molar refractivity (Wildman–Crippen MR) is 49.0 cm³/mol. The summed E-state index contributed by atoms with van der Waals surface area (Å²) >= 11 is 0. The Balaban J connectivity index is 1.87. The minimum absolute atomic E-state index is 0.301. The first-order chi connectivity index (χ1) is 6.36. The topological polar surface area (TPSA) is 40.5 Å². The molecule has 0 saturated heterocycles. The monoisotopic (exact) mass is 182 g/mol. The fourth-order valence-electron chi connectivity index (χ4n) is 4.27. The van der Waals surface area contributed by atoms with Crippen LogP contribution < -0.4 is 0 Å². The highest BCUT2D eigenvalue weighted by Crippen LogP contribution is 2.65. The van der Waals surface area contributed by atoms with E-state index < -0.39 is 0 Å². The number of aliphatic hydroxyl groups is 2. The van der Waals surface area contributed by atoms with Gasteiger partial charge in [0.05, 0.1) is 0 Å².